The molecule has 0 saturated carbocycles. The second-order valence-corrected chi connectivity index (χ2v) is 7.44. The van der Waals surface area contributed by atoms with Crippen molar-refractivity contribution in [2.75, 3.05) is 0 Å². The van der Waals surface area contributed by atoms with E-state index in [1.165, 1.54) is 6.07 Å². The number of rotatable bonds is 3. The Bertz CT molecular complexity index is 942. The average Bonchev–Trinajstić information content (AvgIpc) is 2.70. The van der Waals surface area contributed by atoms with Gasteiger partial charge in [0.25, 0.3) is 0 Å². The first kappa shape index (κ1) is 20.4. The van der Waals surface area contributed by atoms with E-state index < -0.39 is 36.8 Å². The van der Waals surface area contributed by atoms with Crippen molar-refractivity contribution in [2.45, 2.75) is 50.2 Å². The van der Waals surface area contributed by atoms with Gasteiger partial charge in [0.2, 0.25) is 6.29 Å². The summed E-state index contributed by atoms with van der Waals surface area (Å²) < 4.78 is 16.8. The molecule has 1 fully saturated rings. The number of carbonyl (C=O) groups is 1. The van der Waals surface area contributed by atoms with Gasteiger partial charge in [-0.3, -0.25) is 4.79 Å². The van der Waals surface area contributed by atoms with Crippen LogP contribution in [0, 0.1) is 0 Å². The lowest BCUT2D eigenvalue weighted by Gasteiger charge is -2.38. The minimum absolute atomic E-state index is 0.0115. The number of ketones is 1. The molecule has 1 saturated heterocycles. The number of hydrogen-bond donors (Lipinski definition) is 5. The van der Waals surface area contributed by atoms with E-state index >= 15 is 0 Å². The fraction of sp³-hybridized carbons (Fsp3) is 0.381. The quantitative estimate of drug-likeness (QED) is 0.493. The Hall–Kier alpha value is -2.85. The topological polar surface area (TPSA) is 146 Å². The highest BCUT2D eigenvalue weighted by atomic mass is 16.7. The van der Waals surface area contributed by atoms with Gasteiger partial charge in [0.05, 0.1) is 12.5 Å². The summed E-state index contributed by atoms with van der Waals surface area (Å²) in [6.45, 7) is 1.56. The number of fused-ring (bicyclic) bond motifs is 1. The Balaban J connectivity index is 1.48. The lowest BCUT2D eigenvalue weighted by atomic mass is 9.95. The maximum Gasteiger partial charge on any atom is 0.229 e. The van der Waals surface area contributed by atoms with Crippen molar-refractivity contribution < 1.29 is 44.5 Å². The molecule has 0 spiro atoms. The molecule has 2 aliphatic heterocycles. The van der Waals surface area contributed by atoms with Crippen LogP contribution in [-0.4, -0.2) is 62.0 Å². The number of hydrogen-bond acceptors (Lipinski definition) is 9. The molecule has 2 aromatic rings. The highest BCUT2D eigenvalue weighted by Crippen LogP contribution is 2.41. The molecule has 5 N–H and O–H groups in total. The zero-order chi connectivity index (χ0) is 21.6. The molecular weight excluding hydrogens is 396 g/mol. The summed E-state index contributed by atoms with van der Waals surface area (Å²) in [5.74, 6) is -0.397. The summed E-state index contributed by atoms with van der Waals surface area (Å²) >= 11 is 0. The standard InChI is InChI=1S/C21H22O9/c1-9-18(25)19(26)20(27)21(28-9)29-12-4-2-10(3-5-12)15-8-14(24)17-13(23)6-11(22)7-16(17)30-15/h2-7,9,15,18-23,25-27H,8H2,1H3/t9?,15-,18-,19?,20-,21-/m0/s1. The summed E-state index contributed by atoms with van der Waals surface area (Å²) in [6, 6.07) is 8.90. The minimum atomic E-state index is -1.42. The third-order valence-electron chi connectivity index (χ3n) is 5.30. The number of phenolic OH excluding ortho intramolecular Hbond substituents is 2. The third-order valence-corrected chi connectivity index (χ3v) is 5.30. The SMILES string of the molecule is CC1O[C@@H](Oc2ccc([C@@H]3CC(=O)c4c(O)cc(O)cc4O3)cc2)[C@@H](O)C(O)[C@H]1O. The highest BCUT2D eigenvalue weighted by Gasteiger charge is 2.43. The van der Waals surface area contributed by atoms with Crippen LogP contribution >= 0.6 is 0 Å². The van der Waals surface area contributed by atoms with Gasteiger partial charge in [-0.15, -0.1) is 0 Å². The Morgan fingerprint density at radius 2 is 1.70 bits per heavy atom. The second-order valence-electron chi connectivity index (χ2n) is 7.44. The number of ether oxygens (including phenoxy) is 3. The smallest absolute Gasteiger partial charge is 0.229 e. The van der Waals surface area contributed by atoms with Crippen molar-refractivity contribution in [3.63, 3.8) is 0 Å². The molecule has 0 aromatic heterocycles. The molecule has 6 atom stereocenters. The molecule has 2 aliphatic rings. The van der Waals surface area contributed by atoms with Crippen molar-refractivity contribution in [1.82, 2.24) is 0 Å². The van der Waals surface area contributed by atoms with Gasteiger partial charge in [-0.2, -0.15) is 0 Å². The van der Waals surface area contributed by atoms with Crippen molar-refractivity contribution >= 4 is 5.78 Å². The van der Waals surface area contributed by atoms with Gasteiger partial charge in [-0.25, -0.2) is 0 Å². The van der Waals surface area contributed by atoms with Crippen LogP contribution in [0.1, 0.15) is 35.4 Å². The first-order chi connectivity index (χ1) is 14.2. The molecule has 2 unspecified atom stereocenters. The van der Waals surface area contributed by atoms with E-state index in [9.17, 15) is 30.3 Å². The zero-order valence-electron chi connectivity index (χ0n) is 16.0. The summed E-state index contributed by atoms with van der Waals surface area (Å²) in [7, 11) is 0. The van der Waals surface area contributed by atoms with Gasteiger partial charge >= 0.3 is 0 Å². The van der Waals surface area contributed by atoms with E-state index in [-0.39, 0.29) is 35.0 Å². The lowest BCUT2D eigenvalue weighted by Crippen LogP contribution is -2.58. The average molecular weight is 418 g/mol. The summed E-state index contributed by atoms with van der Waals surface area (Å²) in [5.41, 5.74) is 0.709. The number of aliphatic hydroxyl groups is 3. The van der Waals surface area contributed by atoms with Crippen LogP contribution in [0.3, 0.4) is 0 Å². The molecule has 2 heterocycles. The molecule has 0 amide bonds. The van der Waals surface area contributed by atoms with Crippen LogP contribution in [0.4, 0.5) is 0 Å². The first-order valence-corrected chi connectivity index (χ1v) is 9.46. The number of aliphatic hydroxyl groups excluding tert-OH is 3. The Kier molecular flexibility index (Phi) is 5.29. The van der Waals surface area contributed by atoms with E-state index in [0.717, 1.165) is 6.07 Å². The van der Waals surface area contributed by atoms with Crippen molar-refractivity contribution in [3.8, 4) is 23.0 Å². The fourth-order valence-corrected chi connectivity index (χ4v) is 3.62. The number of Topliss-reactive ketones (excluding diaryl/α,β-unsaturated/α-hetero) is 1. The summed E-state index contributed by atoms with van der Waals surface area (Å²) in [4.78, 5) is 12.4. The van der Waals surface area contributed by atoms with Gasteiger partial charge in [-0.1, -0.05) is 12.1 Å². The Morgan fingerprint density at radius 3 is 2.40 bits per heavy atom. The largest absolute Gasteiger partial charge is 0.508 e. The number of benzene rings is 2. The summed E-state index contributed by atoms with van der Waals surface area (Å²) in [5, 5.41) is 49.2. The monoisotopic (exact) mass is 418 g/mol. The van der Waals surface area contributed by atoms with E-state index in [4.69, 9.17) is 14.2 Å². The molecule has 30 heavy (non-hydrogen) atoms. The maximum absolute atomic E-state index is 12.4. The van der Waals surface area contributed by atoms with E-state index in [1.807, 2.05) is 0 Å². The molecule has 0 radical (unpaired) electrons. The van der Waals surface area contributed by atoms with Gasteiger partial charge in [0.1, 0.15) is 53.0 Å². The molecule has 4 rings (SSSR count). The maximum atomic E-state index is 12.4. The van der Waals surface area contributed by atoms with Crippen LogP contribution in [0.15, 0.2) is 36.4 Å². The van der Waals surface area contributed by atoms with Crippen LogP contribution in [0.25, 0.3) is 0 Å². The Labute approximate surface area is 171 Å². The highest BCUT2D eigenvalue weighted by molar-refractivity contribution is 6.02. The fourth-order valence-electron chi connectivity index (χ4n) is 3.62. The molecule has 9 heteroatoms. The van der Waals surface area contributed by atoms with Gasteiger partial charge in [0.15, 0.2) is 5.78 Å². The minimum Gasteiger partial charge on any atom is -0.508 e. The molecule has 160 valence electrons. The predicted molar refractivity (Wildman–Crippen MR) is 102 cm³/mol. The molecule has 9 nitrogen and oxygen atoms in total. The van der Waals surface area contributed by atoms with Crippen molar-refractivity contribution in [1.29, 1.82) is 0 Å². The van der Waals surface area contributed by atoms with Crippen LogP contribution in [0.5, 0.6) is 23.0 Å². The van der Waals surface area contributed by atoms with Crippen LogP contribution in [0.2, 0.25) is 0 Å². The number of carbonyl (C=O) groups excluding carboxylic acids is 1. The molecule has 0 bridgehead atoms. The Morgan fingerprint density at radius 1 is 1.00 bits per heavy atom. The van der Waals surface area contributed by atoms with E-state index in [2.05, 4.69) is 0 Å². The normalized spacial score (nSPS) is 31.0. The number of aromatic hydroxyl groups is 2. The molecule has 2 aromatic carbocycles. The van der Waals surface area contributed by atoms with Gasteiger partial charge in [-0.05, 0) is 24.6 Å². The lowest BCUT2D eigenvalue weighted by molar-refractivity contribution is -0.268. The van der Waals surface area contributed by atoms with Crippen LogP contribution in [-0.2, 0) is 4.74 Å². The second kappa shape index (κ2) is 7.77. The van der Waals surface area contributed by atoms with Crippen molar-refractivity contribution in [2.24, 2.45) is 0 Å². The van der Waals surface area contributed by atoms with Gasteiger partial charge in [0, 0.05) is 12.1 Å². The number of phenols is 2. The van der Waals surface area contributed by atoms with E-state index in [0.29, 0.717) is 11.3 Å². The summed E-state index contributed by atoms with van der Waals surface area (Å²) in [6.07, 6.45) is -6.52. The molecular formula is C21H22O9. The van der Waals surface area contributed by atoms with Gasteiger partial charge < -0.3 is 39.7 Å². The first-order valence-electron chi connectivity index (χ1n) is 9.46. The predicted octanol–water partition coefficient (Wildman–Crippen LogP) is 1.01. The van der Waals surface area contributed by atoms with Crippen LogP contribution < -0.4 is 9.47 Å². The molecule has 0 aliphatic carbocycles. The third kappa shape index (κ3) is 3.68. The van der Waals surface area contributed by atoms with Crippen molar-refractivity contribution in [3.05, 3.63) is 47.5 Å². The zero-order valence-corrected chi connectivity index (χ0v) is 16.0. The van der Waals surface area contributed by atoms with E-state index in [1.54, 1.807) is 31.2 Å².